The van der Waals surface area contributed by atoms with Crippen LogP contribution < -0.4 is 5.32 Å². The van der Waals surface area contributed by atoms with Gasteiger partial charge in [-0.3, -0.25) is 4.79 Å². The van der Waals surface area contributed by atoms with Crippen LogP contribution in [-0.4, -0.2) is 39.2 Å². The van der Waals surface area contributed by atoms with Gasteiger partial charge in [-0.15, -0.1) is 5.10 Å². The summed E-state index contributed by atoms with van der Waals surface area (Å²) in [5, 5.41) is 11.0. The summed E-state index contributed by atoms with van der Waals surface area (Å²) < 4.78 is 7.63. The Hall–Kier alpha value is -2.21. The lowest BCUT2D eigenvalue weighted by Gasteiger charge is -2.31. The molecule has 0 spiro atoms. The quantitative estimate of drug-likeness (QED) is 0.912. The molecular formula is C18H22N4O2. The van der Waals surface area contributed by atoms with Crippen LogP contribution in [0.2, 0.25) is 0 Å². The van der Waals surface area contributed by atoms with Crippen LogP contribution in [0.15, 0.2) is 36.7 Å². The molecule has 1 aliphatic carbocycles. The second-order valence-corrected chi connectivity index (χ2v) is 7.05. The molecule has 6 heteroatoms. The highest BCUT2D eigenvalue weighted by atomic mass is 16.5. The summed E-state index contributed by atoms with van der Waals surface area (Å²) in [4.78, 5) is 12.7. The minimum absolute atomic E-state index is 0.0332. The van der Waals surface area contributed by atoms with E-state index < -0.39 is 0 Å². The molecule has 2 fully saturated rings. The second-order valence-electron chi connectivity index (χ2n) is 7.05. The maximum atomic E-state index is 12.7. The van der Waals surface area contributed by atoms with Crippen LogP contribution >= 0.6 is 0 Å². The lowest BCUT2D eigenvalue weighted by molar-refractivity contribution is 0.0514. The maximum absolute atomic E-state index is 12.7. The first-order valence-electron chi connectivity index (χ1n) is 8.51. The summed E-state index contributed by atoms with van der Waals surface area (Å²) in [7, 11) is 0. The van der Waals surface area contributed by atoms with Crippen molar-refractivity contribution in [2.45, 2.75) is 44.4 Å². The Kier molecular flexibility index (Phi) is 3.84. The van der Waals surface area contributed by atoms with E-state index in [0.717, 1.165) is 18.6 Å². The number of aromatic nitrogens is 3. The second kappa shape index (κ2) is 6.02. The fourth-order valence-corrected chi connectivity index (χ4v) is 3.56. The monoisotopic (exact) mass is 326 g/mol. The number of carbonyl (C=O) groups is 1. The van der Waals surface area contributed by atoms with Crippen LogP contribution in [0.3, 0.4) is 0 Å². The molecule has 2 heterocycles. The first-order chi connectivity index (χ1) is 11.6. The van der Waals surface area contributed by atoms with Gasteiger partial charge in [0, 0.05) is 18.4 Å². The zero-order valence-corrected chi connectivity index (χ0v) is 13.8. The van der Waals surface area contributed by atoms with E-state index in [1.54, 1.807) is 10.9 Å². The number of benzene rings is 1. The lowest BCUT2D eigenvalue weighted by atomic mass is 9.90. The minimum atomic E-state index is -0.264. The number of carbonyl (C=O) groups excluding carboxylic acids is 1. The van der Waals surface area contributed by atoms with Crippen molar-refractivity contribution in [3.8, 4) is 0 Å². The lowest BCUT2D eigenvalue weighted by Crippen LogP contribution is -2.52. The van der Waals surface area contributed by atoms with Gasteiger partial charge in [-0.05, 0) is 49.8 Å². The van der Waals surface area contributed by atoms with Crippen molar-refractivity contribution in [3.05, 3.63) is 47.8 Å². The van der Waals surface area contributed by atoms with Crippen molar-refractivity contribution in [2.24, 2.45) is 5.92 Å². The molecule has 2 unspecified atom stereocenters. The van der Waals surface area contributed by atoms with Gasteiger partial charge < -0.3 is 10.1 Å². The molecule has 1 aromatic heterocycles. The van der Waals surface area contributed by atoms with Gasteiger partial charge >= 0.3 is 0 Å². The fraction of sp³-hybridized carbons (Fsp3) is 0.500. The van der Waals surface area contributed by atoms with Gasteiger partial charge in [-0.2, -0.15) is 0 Å². The smallest absolute Gasteiger partial charge is 0.251 e. The summed E-state index contributed by atoms with van der Waals surface area (Å²) in [6, 6.07) is 7.67. The highest BCUT2D eigenvalue weighted by Gasteiger charge is 2.49. The molecule has 2 aromatic rings. The van der Waals surface area contributed by atoms with E-state index in [4.69, 9.17) is 4.74 Å². The van der Waals surface area contributed by atoms with Crippen LogP contribution in [0, 0.1) is 5.92 Å². The van der Waals surface area contributed by atoms with Gasteiger partial charge in [-0.1, -0.05) is 17.3 Å². The van der Waals surface area contributed by atoms with Crippen molar-refractivity contribution in [1.82, 2.24) is 20.3 Å². The average Bonchev–Trinajstić information content (AvgIpc) is 3.14. The first-order valence-corrected chi connectivity index (χ1v) is 8.51. The maximum Gasteiger partial charge on any atom is 0.251 e. The van der Waals surface area contributed by atoms with Crippen LogP contribution in [-0.2, 0) is 11.3 Å². The minimum Gasteiger partial charge on any atom is -0.375 e. The zero-order valence-electron chi connectivity index (χ0n) is 13.8. The van der Waals surface area contributed by atoms with E-state index in [1.165, 1.54) is 12.8 Å². The molecule has 1 N–H and O–H groups in total. The van der Waals surface area contributed by atoms with Crippen molar-refractivity contribution >= 4 is 5.91 Å². The third-order valence-electron chi connectivity index (χ3n) is 5.00. The number of amides is 1. The molecule has 6 nitrogen and oxygen atoms in total. The van der Waals surface area contributed by atoms with E-state index in [9.17, 15) is 4.79 Å². The van der Waals surface area contributed by atoms with E-state index >= 15 is 0 Å². The van der Waals surface area contributed by atoms with Gasteiger partial charge in [0.1, 0.15) is 0 Å². The van der Waals surface area contributed by atoms with Crippen molar-refractivity contribution in [2.75, 3.05) is 6.61 Å². The van der Waals surface area contributed by atoms with Crippen molar-refractivity contribution < 1.29 is 9.53 Å². The van der Waals surface area contributed by atoms with Crippen molar-refractivity contribution in [3.63, 3.8) is 0 Å². The molecule has 1 aliphatic heterocycles. The molecule has 126 valence electrons. The van der Waals surface area contributed by atoms with Crippen molar-refractivity contribution in [1.29, 1.82) is 0 Å². The third-order valence-corrected chi connectivity index (χ3v) is 5.00. The molecule has 1 aromatic carbocycles. The standard InChI is InChI=1S/C18H22N4O2/c1-18(7-10-24-16(18)14-5-6-14)20-17(23)15-4-2-3-13(11-15)12-22-9-8-19-21-22/h2-4,8-9,11,14,16H,5-7,10,12H2,1H3,(H,20,23). The summed E-state index contributed by atoms with van der Waals surface area (Å²) in [6.45, 7) is 3.44. The van der Waals surface area contributed by atoms with Gasteiger partial charge in [0.2, 0.25) is 0 Å². The predicted molar refractivity (Wildman–Crippen MR) is 88.5 cm³/mol. The van der Waals surface area contributed by atoms with E-state index in [0.29, 0.717) is 18.0 Å². The molecular weight excluding hydrogens is 304 g/mol. The number of nitrogens with one attached hydrogen (secondary N) is 1. The van der Waals surface area contributed by atoms with E-state index in [2.05, 4.69) is 22.6 Å². The molecule has 0 bridgehead atoms. The fourth-order valence-electron chi connectivity index (χ4n) is 3.56. The molecule has 0 radical (unpaired) electrons. The van der Waals surface area contributed by atoms with Crippen LogP contribution in [0.4, 0.5) is 0 Å². The highest BCUT2D eigenvalue weighted by molar-refractivity contribution is 5.94. The number of hydrogen-bond acceptors (Lipinski definition) is 4. The Morgan fingerprint density at radius 3 is 3.08 bits per heavy atom. The Morgan fingerprint density at radius 1 is 1.46 bits per heavy atom. The molecule has 24 heavy (non-hydrogen) atoms. The number of nitrogens with zero attached hydrogens (tertiary/aromatic N) is 3. The third kappa shape index (κ3) is 3.06. The number of ether oxygens (including phenoxy) is 1. The Balaban J connectivity index is 1.48. The number of hydrogen-bond donors (Lipinski definition) is 1. The highest BCUT2D eigenvalue weighted by Crippen LogP contribution is 2.43. The molecule has 2 aliphatic rings. The molecule has 1 saturated carbocycles. The number of rotatable bonds is 5. The summed E-state index contributed by atoms with van der Waals surface area (Å²) >= 11 is 0. The molecule has 2 atom stereocenters. The van der Waals surface area contributed by atoms with Gasteiger partial charge in [0.25, 0.3) is 5.91 Å². The van der Waals surface area contributed by atoms with E-state index in [-0.39, 0.29) is 17.6 Å². The van der Waals surface area contributed by atoms with Crippen LogP contribution in [0.5, 0.6) is 0 Å². The Morgan fingerprint density at radius 2 is 2.33 bits per heavy atom. The topological polar surface area (TPSA) is 69.0 Å². The summed E-state index contributed by atoms with van der Waals surface area (Å²) in [5.41, 5.74) is 1.44. The van der Waals surface area contributed by atoms with E-state index in [1.807, 2.05) is 30.5 Å². The molecule has 1 amide bonds. The molecule has 1 saturated heterocycles. The molecule has 4 rings (SSSR count). The van der Waals surface area contributed by atoms with Gasteiger partial charge in [-0.25, -0.2) is 4.68 Å². The van der Waals surface area contributed by atoms with Gasteiger partial charge in [0.15, 0.2) is 0 Å². The van der Waals surface area contributed by atoms with Crippen LogP contribution in [0.1, 0.15) is 42.1 Å². The largest absolute Gasteiger partial charge is 0.375 e. The van der Waals surface area contributed by atoms with Crippen LogP contribution in [0.25, 0.3) is 0 Å². The SMILES string of the molecule is CC1(NC(=O)c2cccc(Cn3ccnn3)c2)CCOC1C1CC1. The zero-order chi connectivity index (χ0) is 16.6. The normalized spacial score (nSPS) is 26.5. The first kappa shape index (κ1) is 15.3. The summed E-state index contributed by atoms with van der Waals surface area (Å²) in [6.07, 6.45) is 6.91. The average molecular weight is 326 g/mol. The summed E-state index contributed by atoms with van der Waals surface area (Å²) in [5.74, 6) is 0.575. The Labute approximate surface area is 141 Å². The van der Waals surface area contributed by atoms with Gasteiger partial charge in [0.05, 0.1) is 24.4 Å². The Bertz CT molecular complexity index is 726. The predicted octanol–water partition coefficient (Wildman–Crippen LogP) is 2.01.